The van der Waals surface area contributed by atoms with Gasteiger partial charge in [-0.2, -0.15) is 0 Å². The summed E-state index contributed by atoms with van der Waals surface area (Å²) in [5.74, 6) is 0.744. The predicted molar refractivity (Wildman–Crippen MR) is 226 cm³/mol. The maximum Gasteiger partial charge on any atom is 0.126 e. The lowest BCUT2D eigenvalue weighted by molar-refractivity contribution is 0.769. The number of rotatable bonds is 6. The second-order valence-electron chi connectivity index (χ2n) is 14.4. The number of hydrogen-bond donors (Lipinski definition) is 0. The summed E-state index contributed by atoms with van der Waals surface area (Å²) in [6.07, 6.45) is 2.00. The van der Waals surface area contributed by atoms with Gasteiger partial charge in [-0.3, -0.25) is 4.98 Å². The van der Waals surface area contributed by atoms with Gasteiger partial charge in [0, 0.05) is 22.9 Å². The molecule has 0 radical (unpaired) electrons. The lowest BCUT2D eigenvalue weighted by atomic mass is 9.67. The van der Waals surface area contributed by atoms with Crippen molar-refractivity contribution in [2.75, 3.05) is 0 Å². The fourth-order valence-corrected chi connectivity index (χ4v) is 8.83. The lowest BCUT2D eigenvalue weighted by Crippen LogP contribution is -2.28. The highest BCUT2D eigenvalue weighted by Crippen LogP contribution is 2.58. The molecular formula is C52H37N3. The molecule has 2 heterocycles. The zero-order valence-electron chi connectivity index (χ0n) is 30.7. The second-order valence-corrected chi connectivity index (χ2v) is 14.4. The molecule has 0 fully saturated rings. The average Bonchev–Trinajstić information content (AvgIpc) is 3.55. The zero-order chi connectivity index (χ0) is 36.9. The van der Waals surface area contributed by atoms with Crippen LogP contribution in [0.25, 0.3) is 66.8 Å². The Labute approximate surface area is 321 Å². The van der Waals surface area contributed by atoms with Crippen LogP contribution in [0.1, 0.15) is 33.6 Å². The highest BCUT2D eigenvalue weighted by molar-refractivity contribution is 5.98. The second kappa shape index (κ2) is 13.2. The van der Waals surface area contributed by atoms with Crippen LogP contribution in [0.5, 0.6) is 0 Å². The standard InChI is InChI=1S/C52H37N3/c1-34-33-53-48(37-17-5-3-6-18-37)31-45(34)38-20-13-23-40(30-38)52(39-21-7-4-8-22-39)46-28-12-11-25-43(46)51-44(27-15-29-47(51)52)50-32-49(54-35(2)55-50)42-26-14-19-36-16-9-10-24-41(36)42/h3-33H,1-2H3. The molecular weight excluding hydrogens is 667 g/mol. The van der Waals surface area contributed by atoms with E-state index in [1.807, 2.05) is 19.2 Å². The van der Waals surface area contributed by atoms with Crippen molar-refractivity contribution in [3.05, 3.63) is 222 Å². The van der Waals surface area contributed by atoms with Crippen molar-refractivity contribution in [2.45, 2.75) is 19.3 Å². The molecule has 0 spiro atoms. The Kier molecular flexibility index (Phi) is 7.81. The molecule has 1 aliphatic carbocycles. The highest BCUT2D eigenvalue weighted by Gasteiger charge is 2.47. The van der Waals surface area contributed by atoms with Crippen molar-refractivity contribution in [1.82, 2.24) is 15.0 Å². The Bertz CT molecular complexity index is 2890. The first-order valence-corrected chi connectivity index (χ1v) is 18.9. The number of pyridine rings is 1. The van der Waals surface area contributed by atoms with Crippen LogP contribution < -0.4 is 0 Å². The largest absolute Gasteiger partial charge is 0.256 e. The fourth-order valence-electron chi connectivity index (χ4n) is 8.83. The summed E-state index contributed by atoms with van der Waals surface area (Å²) < 4.78 is 0. The molecule has 3 nitrogen and oxygen atoms in total. The lowest BCUT2D eigenvalue weighted by Gasteiger charge is -2.34. The van der Waals surface area contributed by atoms with Gasteiger partial charge >= 0.3 is 0 Å². The molecule has 10 rings (SSSR count). The van der Waals surface area contributed by atoms with Gasteiger partial charge in [0.15, 0.2) is 0 Å². The number of aromatic nitrogens is 3. The molecule has 0 saturated heterocycles. The minimum Gasteiger partial charge on any atom is -0.256 e. The van der Waals surface area contributed by atoms with Crippen LogP contribution in [0.3, 0.4) is 0 Å². The maximum atomic E-state index is 5.13. The summed E-state index contributed by atoms with van der Waals surface area (Å²) in [7, 11) is 0. The monoisotopic (exact) mass is 703 g/mol. The van der Waals surface area contributed by atoms with E-state index in [1.165, 1.54) is 49.7 Å². The SMILES string of the molecule is Cc1nc(-c2cccc3c2-c2ccccc2C3(c2ccccc2)c2cccc(-c3cc(-c4ccccc4)ncc3C)c2)cc(-c2cccc3ccccc23)n1. The summed E-state index contributed by atoms with van der Waals surface area (Å²) in [6.45, 7) is 4.15. The molecule has 55 heavy (non-hydrogen) atoms. The first-order chi connectivity index (χ1) is 27.1. The van der Waals surface area contributed by atoms with Gasteiger partial charge in [0.2, 0.25) is 0 Å². The van der Waals surface area contributed by atoms with E-state index in [0.717, 1.165) is 50.7 Å². The first kappa shape index (κ1) is 32.7. The minimum absolute atomic E-state index is 0.580. The Balaban J connectivity index is 1.21. The fraction of sp³-hybridized carbons (Fsp3) is 0.0577. The molecule has 0 aliphatic heterocycles. The number of benzene rings is 7. The van der Waals surface area contributed by atoms with Crippen LogP contribution in [-0.4, -0.2) is 15.0 Å². The molecule has 1 atom stereocenters. The molecule has 0 saturated carbocycles. The first-order valence-electron chi connectivity index (χ1n) is 18.9. The van der Waals surface area contributed by atoms with Crippen molar-refractivity contribution in [1.29, 1.82) is 0 Å². The molecule has 260 valence electrons. The Hall–Kier alpha value is -6.97. The van der Waals surface area contributed by atoms with E-state index in [9.17, 15) is 0 Å². The third-order valence-corrected chi connectivity index (χ3v) is 11.2. The topological polar surface area (TPSA) is 38.7 Å². The minimum atomic E-state index is -0.580. The third-order valence-electron chi connectivity index (χ3n) is 11.2. The molecule has 1 aliphatic rings. The third kappa shape index (κ3) is 5.31. The van der Waals surface area contributed by atoms with Gasteiger partial charge in [-0.05, 0) is 92.9 Å². The van der Waals surface area contributed by atoms with E-state index in [1.54, 1.807) is 0 Å². The molecule has 2 aromatic heterocycles. The van der Waals surface area contributed by atoms with E-state index >= 15 is 0 Å². The molecule has 0 amide bonds. The predicted octanol–water partition coefficient (Wildman–Crippen LogP) is 12.7. The molecule has 1 unspecified atom stereocenters. The van der Waals surface area contributed by atoms with Gasteiger partial charge in [0.25, 0.3) is 0 Å². The van der Waals surface area contributed by atoms with Crippen molar-refractivity contribution in [3.63, 3.8) is 0 Å². The molecule has 9 aromatic rings. The van der Waals surface area contributed by atoms with Crippen molar-refractivity contribution < 1.29 is 0 Å². The van der Waals surface area contributed by atoms with Crippen LogP contribution in [0.4, 0.5) is 0 Å². The molecule has 0 N–H and O–H groups in total. The van der Waals surface area contributed by atoms with Crippen LogP contribution in [0, 0.1) is 13.8 Å². The smallest absolute Gasteiger partial charge is 0.126 e. The van der Waals surface area contributed by atoms with Gasteiger partial charge in [-0.15, -0.1) is 0 Å². The summed E-state index contributed by atoms with van der Waals surface area (Å²) in [5, 5.41) is 2.38. The molecule has 3 heteroatoms. The number of nitrogens with zero attached hydrogens (tertiary/aromatic N) is 3. The normalized spacial score (nSPS) is 14.4. The van der Waals surface area contributed by atoms with Crippen molar-refractivity contribution in [3.8, 4) is 56.0 Å². The van der Waals surface area contributed by atoms with Crippen molar-refractivity contribution >= 4 is 10.8 Å². The average molecular weight is 704 g/mol. The quantitative estimate of drug-likeness (QED) is 0.173. The summed E-state index contributed by atoms with van der Waals surface area (Å²) in [6, 6.07) is 65.6. The Morgan fingerprint density at radius 2 is 1.02 bits per heavy atom. The molecule has 0 bridgehead atoms. The highest BCUT2D eigenvalue weighted by atomic mass is 14.9. The summed E-state index contributed by atoms with van der Waals surface area (Å²) in [4.78, 5) is 15.0. The van der Waals surface area contributed by atoms with E-state index in [2.05, 4.69) is 183 Å². The van der Waals surface area contributed by atoms with E-state index in [4.69, 9.17) is 15.0 Å². The number of aryl methyl sites for hydroxylation is 2. The van der Waals surface area contributed by atoms with Gasteiger partial charge in [-0.1, -0.05) is 164 Å². The summed E-state index contributed by atoms with van der Waals surface area (Å²) >= 11 is 0. The van der Waals surface area contributed by atoms with Crippen LogP contribution in [0.2, 0.25) is 0 Å². The van der Waals surface area contributed by atoms with Crippen LogP contribution in [-0.2, 0) is 5.41 Å². The van der Waals surface area contributed by atoms with E-state index in [0.29, 0.717) is 0 Å². The van der Waals surface area contributed by atoms with Gasteiger partial charge < -0.3 is 0 Å². The van der Waals surface area contributed by atoms with Crippen LogP contribution in [0.15, 0.2) is 188 Å². The zero-order valence-corrected chi connectivity index (χ0v) is 30.7. The van der Waals surface area contributed by atoms with Crippen molar-refractivity contribution in [2.24, 2.45) is 0 Å². The maximum absolute atomic E-state index is 5.13. The Morgan fingerprint density at radius 1 is 0.418 bits per heavy atom. The van der Waals surface area contributed by atoms with Crippen LogP contribution >= 0.6 is 0 Å². The number of hydrogen-bond acceptors (Lipinski definition) is 3. The van der Waals surface area contributed by atoms with E-state index in [-0.39, 0.29) is 0 Å². The van der Waals surface area contributed by atoms with Gasteiger partial charge in [0.05, 0.1) is 22.5 Å². The van der Waals surface area contributed by atoms with Gasteiger partial charge in [0.1, 0.15) is 5.82 Å². The van der Waals surface area contributed by atoms with E-state index < -0.39 is 5.41 Å². The Morgan fingerprint density at radius 3 is 1.87 bits per heavy atom. The van der Waals surface area contributed by atoms with Gasteiger partial charge in [-0.25, -0.2) is 9.97 Å². The summed E-state index contributed by atoms with van der Waals surface area (Å²) in [5.41, 5.74) is 16.4. The molecule has 7 aromatic carbocycles. The number of fused-ring (bicyclic) bond motifs is 4.